The molecular weight excluding hydrogens is 1450 g/mol. The number of nitrogen functional groups attached to an aromatic ring is 3. The molecule has 107 heavy (non-hydrogen) atoms. The number of methoxy groups -OCH3 is 3. The van der Waals surface area contributed by atoms with Crippen molar-refractivity contribution in [3.63, 3.8) is 0 Å². The third-order valence-corrected chi connectivity index (χ3v) is 17.4. The van der Waals surface area contributed by atoms with E-state index in [0.717, 1.165) is 67.2 Å². The number of hydrogen-bond donors (Lipinski definition) is 7. The number of nitrogens with one attached hydrogen (secondary N) is 2. The first-order valence-corrected chi connectivity index (χ1v) is 33.8. The van der Waals surface area contributed by atoms with E-state index in [9.17, 15) is 28.8 Å². The van der Waals surface area contributed by atoms with Gasteiger partial charge in [0.1, 0.15) is 17.5 Å². The number of carbonyl (C=O) groups excluding carboxylic acids is 5. The molecule has 0 aliphatic carbocycles. The van der Waals surface area contributed by atoms with Crippen molar-refractivity contribution in [3.8, 4) is 0 Å². The van der Waals surface area contributed by atoms with Crippen LogP contribution in [-0.4, -0.2) is 107 Å². The molecule has 0 aliphatic heterocycles. The summed E-state index contributed by atoms with van der Waals surface area (Å²) in [7, 11) is 3.95. The maximum atomic E-state index is 12.8. The number of aromatic nitrogens is 9. The van der Waals surface area contributed by atoms with Gasteiger partial charge in [-0.05, 0) is 201 Å². The van der Waals surface area contributed by atoms with Gasteiger partial charge in [-0.25, -0.2) is 34.1 Å². The van der Waals surface area contributed by atoms with Gasteiger partial charge in [-0.2, -0.15) is 0 Å². The predicted octanol–water partition coefficient (Wildman–Crippen LogP) is 12.9. The molecule has 12 rings (SSSR count). The van der Waals surface area contributed by atoms with Crippen molar-refractivity contribution in [1.29, 1.82) is 0 Å². The van der Waals surface area contributed by atoms with E-state index < -0.39 is 23.9 Å². The number of carboxylic acids is 1. The van der Waals surface area contributed by atoms with Crippen LogP contribution >= 0.6 is 47.2 Å². The summed E-state index contributed by atoms with van der Waals surface area (Å²) in [5.41, 5.74) is 39.1. The number of aromatic carboxylic acids is 1. The van der Waals surface area contributed by atoms with Crippen LogP contribution in [-0.2, 0) is 53.1 Å². The number of nitrogens with two attached hydrogens (primary N) is 4. The normalized spacial score (nSPS) is 10.6. The lowest BCUT2D eigenvalue weighted by molar-refractivity contribution is 0.0593. The molecule has 0 atom stereocenters. The Balaban J connectivity index is 0.000000190. The molecule has 3 aromatic carbocycles. The van der Waals surface area contributed by atoms with Gasteiger partial charge in [0.2, 0.25) is 0 Å². The topological polar surface area (TPSA) is 394 Å². The minimum atomic E-state index is -1.02. The van der Waals surface area contributed by atoms with Crippen LogP contribution in [0.15, 0.2) is 146 Å². The van der Waals surface area contributed by atoms with Crippen LogP contribution in [0.25, 0.3) is 32.7 Å². The predicted molar refractivity (Wildman–Crippen MR) is 414 cm³/mol. The average Bonchev–Trinajstić information content (AvgIpc) is 0.797. The summed E-state index contributed by atoms with van der Waals surface area (Å²) in [6.45, 7) is 12.7. The third-order valence-electron chi connectivity index (χ3n) is 16.8. The second-order valence-corrected chi connectivity index (χ2v) is 25.7. The number of benzene rings is 3. The van der Waals surface area contributed by atoms with Gasteiger partial charge in [-0.3, -0.25) is 39.5 Å². The Hall–Kier alpha value is -11.9. The molecule has 12 aromatic rings. The molecule has 25 nitrogen and oxygen atoms in total. The summed E-state index contributed by atoms with van der Waals surface area (Å²) in [6, 6.07) is 31.1. The number of nitrogens with zero attached hydrogens (tertiary/aromatic N) is 9. The monoisotopic (exact) mass is 1520 g/mol. The quantitative estimate of drug-likeness (QED) is 0.0329. The van der Waals surface area contributed by atoms with Crippen LogP contribution in [0.4, 0.5) is 17.5 Å². The van der Waals surface area contributed by atoms with Crippen molar-refractivity contribution in [3.05, 3.63) is 279 Å². The molecule has 29 heteroatoms. The van der Waals surface area contributed by atoms with Crippen LogP contribution in [0.3, 0.4) is 0 Å². The molecule has 550 valence electrons. The number of anilines is 3. The molecule has 0 saturated carbocycles. The molecule has 0 fully saturated rings. The van der Waals surface area contributed by atoms with E-state index in [1.807, 2.05) is 65.8 Å². The number of amides is 2. The largest absolute Gasteiger partial charge is 0.478 e. The lowest BCUT2D eigenvalue weighted by atomic mass is 10.0. The van der Waals surface area contributed by atoms with Crippen molar-refractivity contribution in [1.82, 2.24) is 55.5 Å². The van der Waals surface area contributed by atoms with Crippen LogP contribution in [0, 0.1) is 41.5 Å². The molecule has 0 spiro atoms. The van der Waals surface area contributed by atoms with Crippen LogP contribution in [0.2, 0.25) is 15.1 Å². The fraction of sp³-hybridized carbons (Fsp3) is 0.192. The minimum absolute atomic E-state index is 0. The summed E-state index contributed by atoms with van der Waals surface area (Å²) in [4.78, 5) is 112. The number of pyridine rings is 9. The van der Waals surface area contributed by atoms with E-state index in [0.29, 0.717) is 149 Å². The number of esters is 3. The zero-order valence-electron chi connectivity index (χ0n) is 59.6. The van der Waals surface area contributed by atoms with Crippen LogP contribution in [0.5, 0.6) is 0 Å². The summed E-state index contributed by atoms with van der Waals surface area (Å²) in [5.74, 6) is -1.49. The van der Waals surface area contributed by atoms with Gasteiger partial charge in [-0.15, -0.1) is 12.4 Å². The van der Waals surface area contributed by atoms with E-state index in [2.05, 4.69) is 55.5 Å². The summed E-state index contributed by atoms with van der Waals surface area (Å²) < 4.78 is 14.7. The highest BCUT2D eigenvalue weighted by atomic mass is 35.5. The number of rotatable bonds is 17. The van der Waals surface area contributed by atoms with Gasteiger partial charge in [0, 0.05) is 138 Å². The molecule has 0 unspecified atom stereocenters. The van der Waals surface area contributed by atoms with Crippen LogP contribution in [0.1, 0.15) is 146 Å². The first kappa shape index (κ1) is 80.8. The van der Waals surface area contributed by atoms with E-state index in [1.165, 1.54) is 58.2 Å². The first-order chi connectivity index (χ1) is 50.6. The number of halogens is 4. The Morgan fingerprint density at radius 1 is 0.421 bits per heavy atom. The fourth-order valence-corrected chi connectivity index (χ4v) is 12.3. The summed E-state index contributed by atoms with van der Waals surface area (Å²) >= 11 is 18.2. The lowest BCUT2D eigenvalue weighted by Crippen LogP contribution is -2.24. The molecule has 0 bridgehead atoms. The minimum Gasteiger partial charge on any atom is -0.478 e. The number of aryl methyl sites for hydroxylation is 6. The molecule has 11 N–H and O–H groups in total. The van der Waals surface area contributed by atoms with Gasteiger partial charge >= 0.3 is 23.9 Å². The van der Waals surface area contributed by atoms with Crippen LogP contribution < -0.4 is 33.6 Å². The van der Waals surface area contributed by atoms with Crippen molar-refractivity contribution in [2.75, 3.05) is 38.5 Å². The Morgan fingerprint density at radius 2 is 0.720 bits per heavy atom. The molecular formula is C78H75Cl4N15O10. The molecule has 9 heterocycles. The van der Waals surface area contributed by atoms with E-state index in [4.69, 9.17) is 77.1 Å². The summed E-state index contributed by atoms with van der Waals surface area (Å²) in [5, 5.41) is 18.5. The maximum Gasteiger partial charge on any atom is 0.340 e. The molecule has 2 amide bonds. The second kappa shape index (κ2) is 36.7. The zero-order valence-corrected chi connectivity index (χ0v) is 62.7. The molecule has 0 saturated heterocycles. The zero-order chi connectivity index (χ0) is 76.6. The average molecular weight is 1520 g/mol. The van der Waals surface area contributed by atoms with Gasteiger partial charge in [0.05, 0.1) is 75.2 Å². The van der Waals surface area contributed by atoms with Gasteiger partial charge in [0.15, 0.2) is 0 Å². The lowest BCUT2D eigenvalue weighted by Gasteiger charge is -2.12. The first-order valence-electron chi connectivity index (χ1n) is 32.6. The number of hydrogen-bond acceptors (Lipinski definition) is 22. The second-order valence-electron chi connectivity index (χ2n) is 24.4. The third kappa shape index (κ3) is 21.0. The van der Waals surface area contributed by atoms with Gasteiger partial charge in [-0.1, -0.05) is 34.8 Å². The Bertz CT molecular complexity index is 5110. The van der Waals surface area contributed by atoms with E-state index in [-0.39, 0.29) is 29.8 Å². The fourth-order valence-electron chi connectivity index (χ4n) is 11.8. The Kier molecular flexibility index (Phi) is 27.7. The molecule has 9 aromatic heterocycles. The smallest absolute Gasteiger partial charge is 0.340 e. The number of fused-ring (bicyclic) bond motifs is 3. The summed E-state index contributed by atoms with van der Waals surface area (Å²) in [6.07, 6.45) is 10.2. The number of carbonyl (C=O) groups is 6. The highest BCUT2D eigenvalue weighted by Crippen LogP contribution is 2.29. The number of carboxylic acid groups (broad SMARTS) is 1. The highest BCUT2D eigenvalue weighted by Gasteiger charge is 2.21. The SMILES string of the molecule is COC(=O)c1cc(Cc2cc(C(=O)NCc3c(C)cc(N)nc3C)ccn2)cc2cc(Cl)cnc12.COC(=O)c1cc(Cc2cc(C(=O)NCc3c(C)cc(N)nc3C)ccn2)cc2cc(Cl)cnc12.COC(=O)c1cc(Cc2cc(C(=O)O)ccn2)cc2cc(Cl)cnc12.Cc1cc(N)nc(C)c1CN.Cl. The van der Waals surface area contributed by atoms with Gasteiger partial charge in [0.25, 0.3) is 11.8 Å². The Labute approximate surface area is 636 Å². The molecule has 0 radical (unpaired) electrons. The molecule has 0 aliphatic rings. The number of ether oxygens (including phenoxy) is 3. The van der Waals surface area contributed by atoms with Crippen molar-refractivity contribution < 1.29 is 48.1 Å². The van der Waals surface area contributed by atoms with Gasteiger partial charge < -0.3 is 52.9 Å². The van der Waals surface area contributed by atoms with Crippen molar-refractivity contribution in [2.24, 2.45) is 5.73 Å². The highest BCUT2D eigenvalue weighted by molar-refractivity contribution is 6.32. The van der Waals surface area contributed by atoms with Crippen molar-refractivity contribution in [2.45, 2.75) is 80.4 Å². The van der Waals surface area contributed by atoms with E-state index in [1.54, 1.807) is 85.2 Å². The van der Waals surface area contributed by atoms with Crippen molar-refractivity contribution >= 4 is 133 Å². The van der Waals surface area contributed by atoms with E-state index >= 15 is 0 Å². The Morgan fingerprint density at radius 3 is 1.01 bits per heavy atom. The standard InChI is InChI=1S/2C26H24ClN5O3.C18H13ClN2O4.C8H13N3.ClH/c2*1-14-6-23(28)32-15(2)22(14)13-31-25(33)17-4-5-29-20(11-17)8-16-7-18-10-19(27)12-30-24(18)21(9-16)26(34)35-3;1-25-18(24)15-6-10(4-12-7-13(19)9-21-16(12)15)5-14-8-11(17(22)23)2-3-20-14;1-5-3-8(10)11-6(2)7(5)4-9;/h2*4-7,9-12H,8,13H2,1-3H3,(H2,28,32)(H,31,33);2-4,6-9H,5H2,1H3,(H,22,23);3H,4,9H2,1-2H3,(H2,10,11);1H. The maximum absolute atomic E-state index is 12.8.